The van der Waals surface area contributed by atoms with Crippen LogP contribution in [0, 0.1) is 0 Å². The molecular weight excluding hydrogens is 254 g/mol. The molecule has 3 aromatic rings. The van der Waals surface area contributed by atoms with Gasteiger partial charge in [0.15, 0.2) is 0 Å². The van der Waals surface area contributed by atoms with Crippen molar-refractivity contribution in [2.45, 2.75) is 6.54 Å². The van der Waals surface area contributed by atoms with E-state index in [2.05, 4.69) is 33.5 Å². The van der Waals surface area contributed by atoms with E-state index in [1.54, 1.807) is 11.3 Å². The number of nitrogens with zero attached hydrogens (tertiary/aromatic N) is 2. The molecule has 0 spiro atoms. The molecule has 0 amide bonds. The Morgan fingerprint density at radius 1 is 0.947 bits per heavy atom. The first-order chi connectivity index (χ1) is 9.42. The van der Waals surface area contributed by atoms with Gasteiger partial charge in [-0.2, -0.15) is 0 Å². The van der Waals surface area contributed by atoms with Gasteiger partial charge in [0.25, 0.3) is 0 Å². The van der Waals surface area contributed by atoms with Crippen molar-refractivity contribution in [3.05, 3.63) is 65.2 Å². The Hall–Kier alpha value is -2.20. The molecule has 2 aromatic heterocycles. The monoisotopic (exact) mass is 267 g/mol. The van der Waals surface area contributed by atoms with Gasteiger partial charge in [0.05, 0.1) is 12.1 Å². The summed E-state index contributed by atoms with van der Waals surface area (Å²) in [7, 11) is 0. The minimum absolute atomic E-state index is 0.766. The minimum Gasteiger partial charge on any atom is -0.365 e. The number of pyridine rings is 1. The van der Waals surface area contributed by atoms with Crippen LogP contribution in [0.5, 0.6) is 0 Å². The SMILES string of the molecule is c1ccc(-c2ccc(NCc3cncs3)nc2)cc1. The van der Waals surface area contributed by atoms with E-state index in [0.29, 0.717) is 0 Å². The number of benzene rings is 1. The van der Waals surface area contributed by atoms with Crippen LogP contribution in [0.3, 0.4) is 0 Å². The molecule has 94 valence electrons. The average Bonchev–Trinajstić information content (AvgIpc) is 3.00. The van der Waals surface area contributed by atoms with Crippen LogP contribution in [-0.2, 0) is 6.54 Å². The third-order valence-corrected chi connectivity index (χ3v) is 3.58. The van der Waals surface area contributed by atoms with Gasteiger partial charge in [0.2, 0.25) is 0 Å². The molecule has 0 aliphatic heterocycles. The molecule has 2 heterocycles. The third kappa shape index (κ3) is 2.98. The summed E-state index contributed by atoms with van der Waals surface area (Å²) in [6, 6.07) is 14.3. The molecule has 0 saturated carbocycles. The lowest BCUT2D eigenvalue weighted by Gasteiger charge is -2.05. The van der Waals surface area contributed by atoms with E-state index < -0.39 is 0 Å². The molecule has 0 aliphatic rings. The average molecular weight is 267 g/mol. The molecule has 0 fully saturated rings. The Labute approximate surface area is 116 Å². The third-order valence-electron chi connectivity index (χ3n) is 2.80. The molecule has 3 nitrogen and oxygen atoms in total. The Kier molecular flexibility index (Phi) is 3.51. The normalized spacial score (nSPS) is 10.3. The van der Waals surface area contributed by atoms with Crippen molar-refractivity contribution >= 4 is 17.2 Å². The minimum atomic E-state index is 0.766. The number of rotatable bonds is 4. The van der Waals surface area contributed by atoms with Crippen LogP contribution >= 0.6 is 11.3 Å². The van der Waals surface area contributed by atoms with Gasteiger partial charge in [-0.3, -0.25) is 4.98 Å². The van der Waals surface area contributed by atoms with Gasteiger partial charge in [-0.1, -0.05) is 30.3 Å². The summed E-state index contributed by atoms with van der Waals surface area (Å²) in [5, 5.41) is 3.29. The molecule has 0 bridgehead atoms. The number of aromatic nitrogens is 2. The summed E-state index contributed by atoms with van der Waals surface area (Å²) < 4.78 is 0. The molecule has 19 heavy (non-hydrogen) atoms. The van der Waals surface area contributed by atoms with E-state index in [4.69, 9.17) is 0 Å². The zero-order chi connectivity index (χ0) is 12.9. The molecule has 0 radical (unpaired) electrons. The Balaban J connectivity index is 1.69. The smallest absolute Gasteiger partial charge is 0.126 e. The predicted octanol–water partition coefficient (Wildman–Crippen LogP) is 3.82. The molecule has 4 heteroatoms. The van der Waals surface area contributed by atoms with Crippen molar-refractivity contribution < 1.29 is 0 Å². The summed E-state index contributed by atoms with van der Waals surface area (Å²) in [4.78, 5) is 9.68. The van der Waals surface area contributed by atoms with Crippen LogP contribution in [0.15, 0.2) is 60.4 Å². The van der Waals surface area contributed by atoms with Gasteiger partial charge < -0.3 is 5.32 Å². The summed E-state index contributed by atoms with van der Waals surface area (Å²) in [6.07, 6.45) is 3.76. The summed E-state index contributed by atoms with van der Waals surface area (Å²) in [5.41, 5.74) is 4.15. The summed E-state index contributed by atoms with van der Waals surface area (Å²) in [6.45, 7) is 0.766. The largest absolute Gasteiger partial charge is 0.365 e. The highest BCUT2D eigenvalue weighted by atomic mass is 32.1. The van der Waals surface area contributed by atoms with E-state index in [9.17, 15) is 0 Å². The topological polar surface area (TPSA) is 37.8 Å². The van der Waals surface area contributed by atoms with Crippen molar-refractivity contribution in [3.63, 3.8) is 0 Å². The Morgan fingerprint density at radius 2 is 1.84 bits per heavy atom. The zero-order valence-corrected chi connectivity index (χ0v) is 11.1. The lowest BCUT2D eigenvalue weighted by atomic mass is 10.1. The summed E-state index contributed by atoms with van der Waals surface area (Å²) >= 11 is 1.64. The van der Waals surface area contributed by atoms with Crippen molar-refractivity contribution in [2.24, 2.45) is 0 Å². The highest BCUT2D eigenvalue weighted by Crippen LogP contribution is 2.19. The maximum Gasteiger partial charge on any atom is 0.126 e. The number of anilines is 1. The lowest BCUT2D eigenvalue weighted by Crippen LogP contribution is -1.99. The van der Waals surface area contributed by atoms with Crippen LogP contribution in [-0.4, -0.2) is 9.97 Å². The van der Waals surface area contributed by atoms with Gasteiger partial charge >= 0.3 is 0 Å². The van der Waals surface area contributed by atoms with Crippen molar-refractivity contribution in [3.8, 4) is 11.1 Å². The predicted molar refractivity (Wildman–Crippen MR) is 79.1 cm³/mol. The first-order valence-electron chi connectivity index (χ1n) is 6.04. The Morgan fingerprint density at radius 3 is 2.53 bits per heavy atom. The van der Waals surface area contributed by atoms with Gasteiger partial charge in [0.1, 0.15) is 5.82 Å². The number of hydrogen-bond acceptors (Lipinski definition) is 4. The lowest BCUT2D eigenvalue weighted by molar-refractivity contribution is 1.13. The molecular formula is C15H13N3S. The highest BCUT2D eigenvalue weighted by Gasteiger charge is 1.99. The number of hydrogen-bond donors (Lipinski definition) is 1. The van der Waals surface area contributed by atoms with Crippen molar-refractivity contribution in [1.82, 2.24) is 9.97 Å². The molecule has 0 atom stereocenters. The number of thiazole rings is 1. The van der Waals surface area contributed by atoms with Gasteiger partial charge in [-0.25, -0.2) is 4.98 Å². The molecule has 1 aromatic carbocycles. The van der Waals surface area contributed by atoms with Crippen LogP contribution in [0.4, 0.5) is 5.82 Å². The fourth-order valence-electron chi connectivity index (χ4n) is 1.81. The standard InChI is InChI=1S/C15H13N3S/c1-2-4-12(5-3-1)13-6-7-15(17-8-13)18-10-14-9-16-11-19-14/h1-9,11H,10H2,(H,17,18). The second kappa shape index (κ2) is 5.63. The first kappa shape index (κ1) is 11.9. The first-order valence-corrected chi connectivity index (χ1v) is 6.92. The van der Waals surface area contributed by atoms with Crippen LogP contribution in [0.25, 0.3) is 11.1 Å². The molecule has 3 rings (SSSR count). The van der Waals surface area contributed by atoms with Crippen molar-refractivity contribution in [1.29, 1.82) is 0 Å². The zero-order valence-electron chi connectivity index (χ0n) is 10.3. The van der Waals surface area contributed by atoms with Gasteiger partial charge in [0, 0.05) is 22.8 Å². The Bertz CT molecular complexity index is 618. The van der Waals surface area contributed by atoms with Crippen molar-refractivity contribution in [2.75, 3.05) is 5.32 Å². The second-order valence-corrected chi connectivity index (χ2v) is 5.09. The molecule has 0 unspecified atom stereocenters. The maximum absolute atomic E-state index is 4.43. The van der Waals surface area contributed by atoms with Gasteiger partial charge in [-0.15, -0.1) is 11.3 Å². The fourth-order valence-corrected chi connectivity index (χ4v) is 2.34. The van der Waals surface area contributed by atoms with E-state index in [1.165, 1.54) is 10.4 Å². The summed E-state index contributed by atoms with van der Waals surface area (Å²) in [5.74, 6) is 0.882. The van der Waals surface area contributed by atoms with E-state index in [0.717, 1.165) is 17.9 Å². The highest BCUT2D eigenvalue weighted by molar-refractivity contribution is 7.09. The maximum atomic E-state index is 4.43. The van der Waals surface area contributed by atoms with E-state index in [-0.39, 0.29) is 0 Å². The molecule has 0 saturated heterocycles. The van der Waals surface area contributed by atoms with Gasteiger partial charge in [-0.05, 0) is 17.7 Å². The number of nitrogens with one attached hydrogen (secondary N) is 1. The molecule has 0 aliphatic carbocycles. The second-order valence-electron chi connectivity index (χ2n) is 4.12. The van der Waals surface area contributed by atoms with Crippen LogP contribution in [0.2, 0.25) is 0 Å². The van der Waals surface area contributed by atoms with Crippen LogP contribution in [0.1, 0.15) is 4.88 Å². The fraction of sp³-hybridized carbons (Fsp3) is 0.0667. The van der Waals surface area contributed by atoms with Crippen LogP contribution < -0.4 is 5.32 Å². The quantitative estimate of drug-likeness (QED) is 0.781. The van der Waals surface area contributed by atoms with E-state index in [1.807, 2.05) is 42.2 Å². The van der Waals surface area contributed by atoms with E-state index >= 15 is 0 Å². The molecule has 1 N–H and O–H groups in total.